The minimum Gasteiger partial charge on any atom is -0.345 e. The van der Waals surface area contributed by atoms with Crippen molar-refractivity contribution >= 4 is 26.7 Å². The van der Waals surface area contributed by atoms with Crippen molar-refractivity contribution in [2.75, 3.05) is 31.1 Å². The molecule has 0 unspecified atom stereocenters. The first-order chi connectivity index (χ1) is 12.8. The fourth-order valence-corrected chi connectivity index (χ4v) is 5.12. The second kappa shape index (κ2) is 6.67. The summed E-state index contributed by atoms with van der Waals surface area (Å²) in [4.78, 5) is 10.0. The lowest BCUT2D eigenvalue weighted by molar-refractivity contribution is 0.172. The summed E-state index contributed by atoms with van der Waals surface area (Å²) in [6.07, 6.45) is 9.53. The van der Waals surface area contributed by atoms with Gasteiger partial charge in [-0.3, -0.25) is 9.58 Å². The Kier molecular flexibility index (Phi) is 4.17. The zero-order chi connectivity index (χ0) is 17.5. The number of benzene rings is 1. The lowest BCUT2D eigenvalue weighted by atomic mass is 10.1. The molecule has 6 heteroatoms. The van der Waals surface area contributed by atoms with Gasteiger partial charge in [0, 0.05) is 37.9 Å². The minimum absolute atomic E-state index is 0.728. The molecule has 0 aliphatic carbocycles. The van der Waals surface area contributed by atoms with Crippen LogP contribution in [-0.2, 0) is 7.05 Å². The molecular weight excluding hydrogens is 342 g/mol. The summed E-state index contributed by atoms with van der Waals surface area (Å²) in [6.45, 7) is 4.84. The van der Waals surface area contributed by atoms with Crippen molar-refractivity contribution < 1.29 is 0 Å². The van der Waals surface area contributed by atoms with Crippen molar-refractivity contribution in [2.24, 2.45) is 7.05 Å². The lowest BCUT2D eigenvalue weighted by Crippen LogP contribution is -2.59. The number of nitrogens with zero attached hydrogens (tertiary/aromatic N) is 5. The molecule has 2 aliphatic heterocycles. The number of hydrogen-bond donors (Lipinski definition) is 0. The molecule has 0 radical (unpaired) electrons. The third-order valence-corrected chi connectivity index (χ3v) is 6.78. The Bertz CT molecular complexity index is 900. The molecule has 0 atom stereocenters. The number of thiazole rings is 1. The van der Waals surface area contributed by atoms with Crippen molar-refractivity contribution in [3.8, 4) is 11.1 Å². The SMILES string of the molecule is Cn1cc(-c2ccc3nc(N4CC(N5CCCCCC5)C4)sc3c2)cn1. The first-order valence-corrected chi connectivity index (χ1v) is 10.5. The van der Waals surface area contributed by atoms with Crippen LogP contribution >= 0.6 is 11.3 Å². The Morgan fingerprint density at radius 2 is 1.85 bits per heavy atom. The molecule has 3 aromatic rings. The van der Waals surface area contributed by atoms with Crippen LogP contribution in [0, 0.1) is 0 Å². The van der Waals surface area contributed by atoms with Gasteiger partial charge in [-0.2, -0.15) is 5.10 Å². The van der Waals surface area contributed by atoms with Gasteiger partial charge < -0.3 is 4.90 Å². The normalized spacial score (nSPS) is 19.7. The molecule has 2 aromatic heterocycles. The molecule has 0 N–H and O–H groups in total. The highest BCUT2D eigenvalue weighted by molar-refractivity contribution is 7.22. The van der Waals surface area contributed by atoms with E-state index in [1.807, 2.05) is 29.3 Å². The molecule has 5 rings (SSSR count). The number of rotatable bonds is 3. The largest absolute Gasteiger partial charge is 0.345 e. The molecule has 2 fully saturated rings. The number of anilines is 1. The Morgan fingerprint density at radius 1 is 1.04 bits per heavy atom. The smallest absolute Gasteiger partial charge is 0.186 e. The van der Waals surface area contributed by atoms with Crippen molar-refractivity contribution in [1.29, 1.82) is 0 Å². The molecule has 136 valence electrons. The average Bonchev–Trinajstić information content (AvgIpc) is 3.11. The van der Waals surface area contributed by atoms with Crippen LogP contribution in [0.1, 0.15) is 25.7 Å². The fourth-order valence-electron chi connectivity index (χ4n) is 4.10. The number of aryl methyl sites for hydroxylation is 1. The Hall–Kier alpha value is -1.92. The van der Waals surface area contributed by atoms with Gasteiger partial charge in [0.2, 0.25) is 0 Å². The van der Waals surface area contributed by atoms with Gasteiger partial charge in [0.15, 0.2) is 5.13 Å². The monoisotopic (exact) mass is 367 g/mol. The van der Waals surface area contributed by atoms with E-state index >= 15 is 0 Å². The second-order valence-electron chi connectivity index (χ2n) is 7.59. The van der Waals surface area contributed by atoms with Gasteiger partial charge in [-0.25, -0.2) is 4.98 Å². The predicted molar refractivity (Wildman–Crippen MR) is 108 cm³/mol. The third-order valence-electron chi connectivity index (χ3n) is 5.71. The van der Waals surface area contributed by atoms with Crippen molar-refractivity contribution in [2.45, 2.75) is 31.7 Å². The highest BCUT2D eigenvalue weighted by Crippen LogP contribution is 2.35. The molecule has 1 aromatic carbocycles. The van der Waals surface area contributed by atoms with Crippen LogP contribution in [0.15, 0.2) is 30.6 Å². The summed E-state index contributed by atoms with van der Waals surface area (Å²) in [5, 5.41) is 5.46. The van der Waals surface area contributed by atoms with Crippen LogP contribution in [0.25, 0.3) is 21.3 Å². The van der Waals surface area contributed by atoms with Crippen molar-refractivity contribution in [3.63, 3.8) is 0 Å². The van der Waals surface area contributed by atoms with Gasteiger partial charge in [0.05, 0.1) is 16.4 Å². The van der Waals surface area contributed by atoms with E-state index in [1.54, 1.807) is 0 Å². The predicted octanol–water partition coefficient (Wildman–Crippen LogP) is 3.76. The molecular formula is C20H25N5S. The molecule has 0 saturated carbocycles. The van der Waals surface area contributed by atoms with E-state index in [-0.39, 0.29) is 0 Å². The summed E-state index contributed by atoms with van der Waals surface area (Å²) in [6, 6.07) is 7.27. The van der Waals surface area contributed by atoms with E-state index in [1.165, 1.54) is 54.2 Å². The number of likely N-dealkylation sites (tertiary alicyclic amines) is 1. The standard InChI is InChI=1S/C20H25N5S/c1-23-12-16(11-21-23)15-6-7-18-19(10-15)26-20(22-18)25-13-17(14-25)24-8-4-2-3-5-9-24/h6-7,10-12,17H,2-5,8-9,13-14H2,1H3. The van der Waals surface area contributed by atoms with Crippen LogP contribution < -0.4 is 4.90 Å². The van der Waals surface area contributed by atoms with Crippen molar-refractivity contribution in [3.05, 3.63) is 30.6 Å². The highest BCUT2D eigenvalue weighted by atomic mass is 32.1. The summed E-state index contributed by atoms with van der Waals surface area (Å²) < 4.78 is 3.11. The third kappa shape index (κ3) is 3.01. The van der Waals surface area contributed by atoms with E-state index in [0.29, 0.717) is 0 Å². The number of aromatic nitrogens is 3. The molecule has 2 saturated heterocycles. The van der Waals surface area contributed by atoms with E-state index in [2.05, 4.69) is 39.3 Å². The van der Waals surface area contributed by atoms with Crippen LogP contribution in [0.3, 0.4) is 0 Å². The zero-order valence-electron chi connectivity index (χ0n) is 15.3. The molecule has 5 nitrogen and oxygen atoms in total. The van der Waals surface area contributed by atoms with E-state index in [0.717, 1.165) is 30.2 Å². The van der Waals surface area contributed by atoms with Gasteiger partial charge in [-0.05, 0) is 43.6 Å². The van der Waals surface area contributed by atoms with E-state index < -0.39 is 0 Å². The maximum Gasteiger partial charge on any atom is 0.186 e. The Morgan fingerprint density at radius 3 is 2.58 bits per heavy atom. The van der Waals surface area contributed by atoms with Gasteiger partial charge in [0.25, 0.3) is 0 Å². The fraction of sp³-hybridized carbons (Fsp3) is 0.500. The maximum atomic E-state index is 4.88. The summed E-state index contributed by atoms with van der Waals surface area (Å²) in [7, 11) is 1.96. The number of hydrogen-bond acceptors (Lipinski definition) is 5. The molecule has 26 heavy (non-hydrogen) atoms. The van der Waals surface area contributed by atoms with Crippen LogP contribution in [0.2, 0.25) is 0 Å². The zero-order valence-corrected chi connectivity index (χ0v) is 16.1. The van der Waals surface area contributed by atoms with Gasteiger partial charge in [-0.1, -0.05) is 30.2 Å². The van der Waals surface area contributed by atoms with Gasteiger partial charge >= 0.3 is 0 Å². The maximum absolute atomic E-state index is 4.88. The summed E-state index contributed by atoms with van der Waals surface area (Å²) >= 11 is 1.82. The Balaban J connectivity index is 1.31. The summed E-state index contributed by atoms with van der Waals surface area (Å²) in [5.41, 5.74) is 3.48. The average molecular weight is 368 g/mol. The second-order valence-corrected chi connectivity index (χ2v) is 8.60. The minimum atomic E-state index is 0.728. The quantitative estimate of drug-likeness (QED) is 0.706. The van der Waals surface area contributed by atoms with Gasteiger partial charge in [-0.15, -0.1) is 0 Å². The van der Waals surface area contributed by atoms with Crippen LogP contribution in [0.5, 0.6) is 0 Å². The van der Waals surface area contributed by atoms with Crippen molar-refractivity contribution in [1.82, 2.24) is 19.7 Å². The molecule has 4 heterocycles. The van der Waals surface area contributed by atoms with Crippen LogP contribution in [0.4, 0.5) is 5.13 Å². The highest BCUT2D eigenvalue weighted by Gasteiger charge is 2.33. The van der Waals surface area contributed by atoms with E-state index in [9.17, 15) is 0 Å². The molecule has 2 aliphatic rings. The Labute approximate surface area is 158 Å². The first kappa shape index (κ1) is 16.3. The summed E-state index contributed by atoms with van der Waals surface area (Å²) in [5.74, 6) is 0. The molecule has 0 amide bonds. The molecule has 0 bridgehead atoms. The first-order valence-electron chi connectivity index (χ1n) is 9.65. The number of fused-ring (bicyclic) bond motifs is 1. The molecule has 0 spiro atoms. The lowest BCUT2D eigenvalue weighted by Gasteiger charge is -2.45. The van der Waals surface area contributed by atoms with Gasteiger partial charge in [0.1, 0.15) is 0 Å². The topological polar surface area (TPSA) is 37.2 Å². The van der Waals surface area contributed by atoms with E-state index in [4.69, 9.17) is 4.98 Å². The van der Waals surface area contributed by atoms with Crippen LogP contribution in [-0.4, -0.2) is 51.9 Å².